The number of nitrogens with zero attached hydrogens (tertiary/aromatic N) is 2. The number of aliphatic hydroxyl groups excluding tert-OH is 1. The summed E-state index contributed by atoms with van der Waals surface area (Å²) < 4.78 is 0. The smallest absolute Gasteiger partial charge is 0.129 e. The van der Waals surface area contributed by atoms with Crippen LogP contribution in [0.5, 0.6) is 0 Å². The third-order valence-corrected chi connectivity index (χ3v) is 3.95. The first-order chi connectivity index (χ1) is 8.69. The molecule has 0 amide bonds. The lowest BCUT2D eigenvalue weighted by Gasteiger charge is -2.32. The molecule has 0 saturated carbocycles. The summed E-state index contributed by atoms with van der Waals surface area (Å²) in [7, 11) is 0. The fourth-order valence-corrected chi connectivity index (χ4v) is 2.82. The Hall–Kier alpha value is -0.350. The second-order valence-electron chi connectivity index (χ2n) is 4.82. The van der Waals surface area contributed by atoms with Crippen LogP contribution >= 0.6 is 23.2 Å². The molecule has 0 bridgehead atoms. The highest BCUT2D eigenvalue weighted by atomic mass is 35.5. The van der Waals surface area contributed by atoms with Crippen LogP contribution in [-0.2, 0) is 6.54 Å². The molecule has 1 fully saturated rings. The van der Waals surface area contributed by atoms with Gasteiger partial charge in [-0.05, 0) is 43.9 Å². The number of likely N-dealkylation sites (tertiary alicyclic amines) is 1. The number of aromatic nitrogens is 1. The van der Waals surface area contributed by atoms with Gasteiger partial charge in [0.2, 0.25) is 0 Å². The van der Waals surface area contributed by atoms with Gasteiger partial charge in [-0.3, -0.25) is 4.90 Å². The van der Waals surface area contributed by atoms with Gasteiger partial charge in [-0.25, -0.2) is 4.98 Å². The molecule has 100 valence electrons. The van der Waals surface area contributed by atoms with Crippen LogP contribution in [0.2, 0.25) is 10.2 Å². The van der Waals surface area contributed by atoms with E-state index in [9.17, 15) is 0 Å². The van der Waals surface area contributed by atoms with Gasteiger partial charge in [-0.2, -0.15) is 0 Å². The van der Waals surface area contributed by atoms with Gasteiger partial charge in [0, 0.05) is 19.7 Å². The molecule has 2 rings (SSSR count). The minimum atomic E-state index is 0.272. The van der Waals surface area contributed by atoms with Crippen LogP contribution in [0.4, 0.5) is 0 Å². The van der Waals surface area contributed by atoms with Crippen molar-refractivity contribution < 1.29 is 5.11 Å². The van der Waals surface area contributed by atoms with Crippen LogP contribution in [0.3, 0.4) is 0 Å². The van der Waals surface area contributed by atoms with E-state index >= 15 is 0 Å². The standard InChI is InChI=1S/C13H18Cl2N2O/c14-11-3-4-13(15)16-12(11)9-17-6-1-2-10(8-17)5-7-18/h3-4,10,18H,1-2,5-9H2. The average molecular weight is 289 g/mol. The molecule has 0 radical (unpaired) electrons. The van der Waals surface area contributed by atoms with Gasteiger partial charge < -0.3 is 5.11 Å². The quantitative estimate of drug-likeness (QED) is 0.866. The number of aliphatic hydroxyl groups is 1. The van der Waals surface area contributed by atoms with Crippen molar-refractivity contribution in [1.29, 1.82) is 0 Å². The Morgan fingerprint density at radius 3 is 3.00 bits per heavy atom. The molecule has 1 aliphatic rings. The largest absolute Gasteiger partial charge is 0.396 e. The highest BCUT2D eigenvalue weighted by molar-refractivity contribution is 6.32. The summed E-state index contributed by atoms with van der Waals surface area (Å²) in [4.78, 5) is 6.62. The summed E-state index contributed by atoms with van der Waals surface area (Å²) in [6.07, 6.45) is 3.25. The SMILES string of the molecule is OCCC1CCCN(Cc2nc(Cl)ccc2Cl)C1. The molecule has 0 spiro atoms. The highest BCUT2D eigenvalue weighted by Gasteiger charge is 2.20. The molecular formula is C13H18Cl2N2O. The monoisotopic (exact) mass is 288 g/mol. The van der Waals surface area contributed by atoms with Crippen molar-refractivity contribution in [3.05, 3.63) is 28.0 Å². The number of hydrogen-bond acceptors (Lipinski definition) is 3. The molecule has 1 N–H and O–H groups in total. The Morgan fingerprint density at radius 2 is 2.22 bits per heavy atom. The van der Waals surface area contributed by atoms with Gasteiger partial charge in [0.25, 0.3) is 0 Å². The second-order valence-corrected chi connectivity index (χ2v) is 5.61. The number of halogens is 2. The number of rotatable bonds is 4. The van der Waals surface area contributed by atoms with Crippen LogP contribution in [0, 0.1) is 5.92 Å². The normalized spacial score (nSPS) is 21.2. The van der Waals surface area contributed by atoms with E-state index in [2.05, 4.69) is 9.88 Å². The molecule has 1 unspecified atom stereocenters. The van der Waals surface area contributed by atoms with E-state index in [1.165, 1.54) is 12.8 Å². The molecule has 1 aromatic heterocycles. The van der Waals surface area contributed by atoms with Crippen molar-refractivity contribution in [2.75, 3.05) is 19.7 Å². The first-order valence-electron chi connectivity index (χ1n) is 6.33. The molecule has 0 aromatic carbocycles. The first kappa shape index (κ1) is 14.1. The summed E-state index contributed by atoms with van der Waals surface area (Å²) >= 11 is 12.0. The van der Waals surface area contributed by atoms with Gasteiger partial charge in [-0.1, -0.05) is 23.2 Å². The van der Waals surface area contributed by atoms with Gasteiger partial charge >= 0.3 is 0 Å². The van der Waals surface area contributed by atoms with Gasteiger partial charge in [0.05, 0.1) is 10.7 Å². The van der Waals surface area contributed by atoms with E-state index in [4.69, 9.17) is 28.3 Å². The topological polar surface area (TPSA) is 36.4 Å². The summed E-state index contributed by atoms with van der Waals surface area (Å²) in [6.45, 7) is 3.08. The van der Waals surface area contributed by atoms with Gasteiger partial charge in [-0.15, -0.1) is 0 Å². The molecule has 3 nitrogen and oxygen atoms in total. The summed E-state index contributed by atoms with van der Waals surface area (Å²) in [5.41, 5.74) is 0.841. The zero-order valence-electron chi connectivity index (χ0n) is 10.3. The lowest BCUT2D eigenvalue weighted by atomic mass is 9.95. The summed E-state index contributed by atoms with van der Waals surface area (Å²) in [5, 5.41) is 10.2. The third-order valence-electron chi connectivity index (χ3n) is 3.40. The maximum Gasteiger partial charge on any atom is 0.129 e. The Kier molecular flexibility index (Phi) is 5.25. The van der Waals surface area contributed by atoms with E-state index in [-0.39, 0.29) is 6.61 Å². The maximum absolute atomic E-state index is 9.01. The lowest BCUT2D eigenvalue weighted by Crippen LogP contribution is -2.35. The predicted octanol–water partition coefficient (Wildman–Crippen LogP) is 2.98. The Bertz CT molecular complexity index is 399. The zero-order valence-corrected chi connectivity index (χ0v) is 11.8. The molecule has 1 aliphatic heterocycles. The van der Waals surface area contributed by atoms with Gasteiger partial charge in [0.15, 0.2) is 0 Å². The molecule has 1 saturated heterocycles. The highest BCUT2D eigenvalue weighted by Crippen LogP contribution is 2.23. The van der Waals surface area contributed by atoms with E-state index in [1.807, 2.05) is 0 Å². The summed E-state index contributed by atoms with van der Waals surface area (Å²) in [5.74, 6) is 0.585. The molecule has 5 heteroatoms. The van der Waals surface area contributed by atoms with Crippen LogP contribution in [0.1, 0.15) is 25.0 Å². The van der Waals surface area contributed by atoms with E-state index < -0.39 is 0 Å². The minimum absolute atomic E-state index is 0.272. The average Bonchev–Trinajstić information content (AvgIpc) is 2.35. The zero-order chi connectivity index (χ0) is 13.0. The van der Waals surface area contributed by atoms with Crippen LogP contribution < -0.4 is 0 Å². The molecular weight excluding hydrogens is 271 g/mol. The molecule has 2 heterocycles. The number of hydrogen-bond donors (Lipinski definition) is 1. The molecule has 1 aromatic rings. The fraction of sp³-hybridized carbons (Fsp3) is 0.615. The van der Waals surface area contributed by atoms with E-state index in [0.29, 0.717) is 16.1 Å². The van der Waals surface area contributed by atoms with Crippen molar-refractivity contribution in [2.24, 2.45) is 5.92 Å². The second kappa shape index (κ2) is 6.71. The molecule has 0 aliphatic carbocycles. The predicted molar refractivity (Wildman–Crippen MR) is 74.0 cm³/mol. The Labute approximate surface area is 118 Å². The Morgan fingerprint density at radius 1 is 1.39 bits per heavy atom. The first-order valence-corrected chi connectivity index (χ1v) is 7.08. The van der Waals surface area contributed by atoms with Crippen molar-refractivity contribution in [3.8, 4) is 0 Å². The van der Waals surface area contributed by atoms with Crippen LogP contribution in [0.25, 0.3) is 0 Å². The van der Waals surface area contributed by atoms with Crippen LogP contribution in [-0.4, -0.2) is 34.7 Å². The maximum atomic E-state index is 9.01. The van der Waals surface area contributed by atoms with Crippen molar-refractivity contribution in [3.63, 3.8) is 0 Å². The third kappa shape index (κ3) is 3.82. The van der Waals surface area contributed by atoms with Crippen molar-refractivity contribution in [1.82, 2.24) is 9.88 Å². The van der Waals surface area contributed by atoms with Crippen molar-refractivity contribution >= 4 is 23.2 Å². The molecule has 18 heavy (non-hydrogen) atoms. The number of piperidine rings is 1. The van der Waals surface area contributed by atoms with Crippen LogP contribution in [0.15, 0.2) is 12.1 Å². The Balaban J connectivity index is 1.98. The lowest BCUT2D eigenvalue weighted by molar-refractivity contribution is 0.141. The fourth-order valence-electron chi connectivity index (χ4n) is 2.49. The van der Waals surface area contributed by atoms with Gasteiger partial charge in [0.1, 0.15) is 5.15 Å². The number of pyridine rings is 1. The minimum Gasteiger partial charge on any atom is -0.396 e. The van der Waals surface area contributed by atoms with E-state index in [0.717, 1.165) is 31.7 Å². The van der Waals surface area contributed by atoms with E-state index in [1.54, 1.807) is 12.1 Å². The molecule has 1 atom stereocenters. The summed E-state index contributed by atoms with van der Waals surface area (Å²) in [6, 6.07) is 3.50. The van der Waals surface area contributed by atoms with Crippen molar-refractivity contribution in [2.45, 2.75) is 25.8 Å².